The SMILES string of the molecule is O=C(Cc1csc(-c2ccccc2Cl)n1)OCC1CC=CCC1. The number of halogens is 1. The summed E-state index contributed by atoms with van der Waals surface area (Å²) in [5, 5.41) is 3.39. The number of ether oxygens (including phenoxy) is 1. The van der Waals surface area contributed by atoms with Gasteiger partial charge in [0.25, 0.3) is 0 Å². The predicted molar refractivity (Wildman–Crippen MR) is 93.7 cm³/mol. The first kappa shape index (κ1) is 16.2. The van der Waals surface area contributed by atoms with Crippen LogP contribution in [0.15, 0.2) is 41.8 Å². The molecule has 0 fully saturated rings. The van der Waals surface area contributed by atoms with Gasteiger partial charge < -0.3 is 4.74 Å². The van der Waals surface area contributed by atoms with E-state index in [-0.39, 0.29) is 12.4 Å². The standard InChI is InChI=1S/C18H18ClNO2S/c19-16-9-5-4-8-15(16)18-20-14(12-23-18)10-17(21)22-11-13-6-2-1-3-7-13/h1-2,4-5,8-9,12-13H,3,6-7,10-11H2. The number of aromatic nitrogens is 1. The average Bonchev–Trinajstić information content (AvgIpc) is 3.02. The van der Waals surface area contributed by atoms with E-state index < -0.39 is 0 Å². The van der Waals surface area contributed by atoms with Crippen LogP contribution in [-0.4, -0.2) is 17.6 Å². The zero-order valence-corrected chi connectivity index (χ0v) is 14.3. The van der Waals surface area contributed by atoms with Crippen molar-refractivity contribution in [3.8, 4) is 10.6 Å². The maximum atomic E-state index is 12.0. The molecule has 0 N–H and O–H groups in total. The smallest absolute Gasteiger partial charge is 0.311 e. The van der Waals surface area contributed by atoms with E-state index in [4.69, 9.17) is 16.3 Å². The van der Waals surface area contributed by atoms with Gasteiger partial charge in [0, 0.05) is 10.9 Å². The first-order valence-corrected chi connectivity index (χ1v) is 8.98. The molecule has 5 heteroatoms. The minimum atomic E-state index is -0.212. The highest BCUT2D eigenvalue weighted by Gasteiger charge is 2.15. The fourth-order valence-corrected chi connectivity index (χ4v) is 3.70. The predicted octanol–water partition coefficient (Wildman–Crippen LogP) is 4.91. The average molecular weight is 348 g/mol. The Morgan fingerprint density at radius 1 is 1.35 bits per heavy atom. The van der Waals surface area contributed by atoms with Crippen LogP contribution in [0.2, 0.25) is 5.02 Å². The third-order valence-electron chi connectivity index (χ3n) is 3.84. The third kappa shape index (κ3) is 4.43. The van der Waals surface area contributed by atoms with Crippen molar-refractivity contribution in [3.05, 3.63) is 52.5 Å². The molecule has 0 spiro atoms. The summed E-state index contributed by atoms with van der Waals surface area (Å²) >= 11 is 7.67. The van der Waals surface area contributed by atoms with Crippen molar-refractivity contribution in [2.75, 3.05) is 6.61 Å². The van der Waals surface area contributed by atoms with E-state index in [0.29, 0.717) is 17.5 Å². The quantitative estimate of drug-likeness (QED) is 0.570. The van der Waals surface area contributed by atoms with Crippen LogP contribution in [0.1, 0.15) is 25.0 Å². The van der Waals surface area contributed by atoms with E-state index in [9.17, 15) is 4.79 Å². The summed E-state index contributed by atoms with van der Waals surface area (Å²) < 4.78 is 5.39. The molecule has 3 nitrogen and oxygen atoms in total. The van der Waals surface area contributed by atoms with Gasteiger partial charge in [-0.05, 0) is 31.2 Å². The Kier molecular flexibility index (Phi) is 5.47. The Hall–Kier alpha value is -1.65. The van der Waals surface area contributed by atoms with Gasteiger partial charge in [-0.3, -0.25) is 4.79 Å². The molecule has 0 aliphatic heterocycles. The van der Waals surface area contributed by atoms with Crippen molar-refractivity contribution >= 4 is 28.9 Å². The molecule has 1 aliphatic carbocycles. The highest BCUT2D eigenvalue weighted by atomic mass is 35.5. The molecule has 3 rings (SSSR count). The second kappa shape index (κ2) is 7.75. The number of hydrogen-bond donors (Lipinski definition) is 0. The van der Waals surface area contributed by atoms with Gasteiger partial charge in [-0.25, -0.2) is 4.98 Å². The van der Waals surface area contributed by atoms with E-state index in [1.165, 1.54) is 11.3 Å². The number of rotatable bonds is 5. The number of benzene rings is 1. The van der Waals surface area contributed by atoms with Crippen molar-refractivity contribution in [1.29, 1.82) is 0 Å². The minimum Gasteiger partial charge on any atom is -0.465 e. The summed E-state index contributed by atoms with van der Waals surface area (Å²) in [5.41, 5.74) is 1.63. The monoisotopic (exact) mass is 347 g/mol. The van der Waals surface area contributed by atoms with E-state index in [0.717, 1.165) is 35.5 Å². The van der Waals surface area contributed by atoms with Gasteiger partial charge in [0.1, 0.15) is 5.01 Å². The maximum Gasteiger partial charge on any atom is 0.311 e. The zero-order valence-electron chi connectivity index (χ0n) is 12.7. The van der Waals surface area contributed by atoms with E-state index >= 15 is 0 Å². The fourth-order valence-electron chi connectivity index (χ4n) is 2.56. The van der Waals surface area contributed by atoms with Crippen LogP contribution in [0.5, 0.6) is 0 Å². The second-order valence-corrected chi connectivity index (χ2v) is 6.90. The summed E-state index contributed by atoms with van der Waals surface area (Å²) in [6, 6.07) is 7.58. The van der Waals surface area contributed by atoms with Crippen LogP contribution >= 0.6 is 22.9 Å². The molecule has 0 radical (unpaired) electrons. The highest BCUT2D eigenvalue weighted by molar-refractivity contribution is 7.13. The molecule has 1 atom stereocenters. The number of esters is 1. The maximum absolute atomic E-state index is 12.0. The fraction of sp³-hybridized carbons (Fsp3) is 0.333. The van der Waals surface area contributed by atoms with Crippen molar-refractivity contribution in [2.45, 2.75) is 25.7 Å². The topological polar surface area (TPSA) is 39.2 Å². The Bertz CT molecular complexity index is 711. The molecule has 1 aromatic carbocycles. The lowest BCUT2D eigenvalue weighted by molar-refractivity contribution is -0.144. The largest absolute Gasteiger partial charge is 0.465 e. The zero-order chi connectivity index (χ0) is 16.1. The van der Waals surface area contributed by atoms with Crippen molar-refractivity contribution in [2.24, 2.45) is 5.92 Å². The van der Waals surface area contributed by atoms with Crippen molar-refractivity contribution < 1.29 is 9.53 Å². The van der Waals surface area contributed by atoms with Gasteiger partial charge in [0.05, 0.1) is 23.7 Å². The van der Waals surface area contributed by atoms with E-state index in [1.54, 1.807) is 0 Å². The minimum absolute atomic E-state index is 0.212. The van der Waals surface area contributed by atoms with Crippen molar-refractivity contribution in [1.82, 2.24) is 4.98 Å². The molecule has 0 bridgehead atoms. The van der Waals surface area contributed by atoms with Crippen LogP contribution in [0.3, 0.4) is 0 Å². The first-order valence-electron chi connectivity index (χ1n) is 7.72. The molecular weight excluding hydrogens is 330 g/mol. The first-order chi connectivity index (χ1) is 11.2. The number of thiazole rings is 1. The summed E-state index contributed by atoms with van der Waals surface area (Å²) in [4.78, 5) is 16.5. The number of hydrogen-bond acceptors (Lipinski definition) is 4. The summed E-state index contributed by atoms with van der Waals surface area (Å²) in [6.07, 6.45) is 7.74. The molecule has 0 saturated carbocycles. The number of nitrogens with zero attached hydrogens (tertiary/aromatic N) is 1. The molecule has 0 saturated heterocycles. The van der Waals surface area contributed by atoms with Gasteiger partial charge >= 0.3 is 5.97 Å². The Balaban J connectivity index is 1.55. The lowest BCUT2D eigenvalue weighted by Crippen LogP contribution is -2.16. The third-order valence-corrected chi connectivity index (χ3v) is 5.09. The molecule has 23 heavy (non-hydrogen) atoms. The van der Waals surface area contributed by atoms with Crippen LogP contribution in [-0.2, 0) is 16.0 Å². The molecule has 1 aliphatic rings. The molecule has 120 valence electrons. The Labute approximate surface area is 145 Å². The number of carbonyl (C=O) groups excluding carboxylic acids is 1. The molecule has 1 heterocycles. The molecular formula is C18H18ClNO2S. The van der Waals surface area contributed by atoms with Gasteiger partial charge in [-0.15, -0.1) is 11.3 Å². The second-order valence-electron chi connectivity index (χ2n) is 5.63. The molecule has 1 aromatic heterocycles. The van der Waals surface area contributed by atoms with Crippen molar-refractivity contribution in [3.63, 3.8) is 0 Å². The normalized spacial score (nSPS) is 17.2. The van der Waals surface area contributed by atoms with Gasteiger partial charge in [-0.2, -0.15) is 0 Å². The van der Waals surface area contributed by atoms with Crippen LogP contribution in [0.25, 0.3) is 10.6 Å². The molecule has 0 amide bonds. The lowest BCUT2D eigenvalue weighted by atomic mass is 9.95. The lowest BCUT2D eigenvalue weighted by Gasteiger charge is -2.17. The molecule has 1 unspecified atom stereocenters. The summed E-state index contributed by atoms with van der Waals surface area (Å²) in [6.45, 7) is 0.505. The molecule has 2 aromatic rings. The van der Waals surface area contributed by atoms with Crippen LogP contribution < -0.4 is 0 Å². The van der Waals surface area contributed by atoms with Gasteiger partial charge in [-0.1, -0.05) is 42.0 Å². The van der Waals surface area contributed by atoms with Crippen LogP contribution in [0, 0.1) is 5.92 Å². The Morgan fingerprint density at radius 3 is 3.00 bits per heavy atom. The van der Waals surface area contributed by atoms with Gasteiger partial charge in [0.2, 0.25) is 0 Å². The summed E-state index contributed by atoms with van der Waals surface area (Å²) in [5.74, 6) is 0.244. The van der Waals surface area contributed by atoms with Gasteiger partial charge in [0.15, 0.2) is 0 Å². The van der Waals surface area contributed by atoms with E-state index in [1.807, 2.05) is 29.6 Å². The number of carbonyl (C=O) groups is 1. The Morgan fingerprint density at radius 2 is 2.22 bits per heavy atom. The number of allylic oxidation sites excluding steroid dienone is 2. The summed E-state index contributed by atoms with van der Waals surface area (Å²) in [7, 11) is 0. The highest BCUT2D eigenvalue weighted by Crippen LogP contribution is 2.30. The van der Waals surface area contributed by atoms with Crippen LogP contribution in [0.4, 0.5) is 0 Å². The van der Waals surface area contributed by atoms with E-state index in [2.05, 4.69) is 17.1 Å².